The van der Waals surface area contributed by atoms with E-state index in [2.05, 4.69) is 15.9 Å². The highest BCUT2D eigenvalue weighted by atomic mass is 79.9. The molecule has 4 heteroatoms. The lowest BCUT2D eigenvalue weighted by Crippen LogP contribution is -2.07. The standard InChI is InChI=1S/C16H12BrFO2/c17-13-7-11-6-12(8-14(18)15(11)16(13)19)20-9-10-4-2-1-3-5-10/h1-6,8,13H,7,9H2. The van der Waals surface area contributed by atoms with Gasteiger partial charge in [-0.3, -0.25) is 4.79 Å². The summed E-state index contributed by atoms with van der Waals surface area (Å²) < 4.78 is 19.6. The molecular weight excluding hydrogens is 323 g/mol. The van der Waals surface area contributed by atoms with Gasteiger partial charge in [-0.2, -0.15) is 0 Å². The Balaban J connectivity index is 1.81. The smallest absolute Gasteiger partial charge is 0.180 e. The zero-order valence-electron chi connectivity index (χ0n) is 10.6. The molecule has 0 N–H and O–H groups in total. The topological polar surface area (TPSA) is 26.3 Å². The number of ether oxygens (including phenoxy) is 1. The molecule has 0 saturated heterocycles. The molecule has 3 rings (SSSR count). The van der Waals surface area contributed by atoms with Crippen molar-refractivity contribution in [1.82, 2.24) is 0 Å². The van der Waals surface area contributed by atoms with Crippen LogP contribution in [-0.2, 0) is 13.0 Å². The van der Waals surface area contributed by atoms with Crippen LogP contribution in [0.25, 0.3) is 0 Å². The molecule has 20 heavy (non-hydrogen) atoms. The molecule has 1 atom stereocenters. The fraction of sp³-hybridized carbons (Fsp3) is 0.188. The molecule has 0 amide bonds. The first-order chi connectivity index (χ1) is 9.65. The zero-order valence-corrected chi connectivity index (χ0v) is 12.2. The first-order valence-electron chi connectivity index (χ1n) is 6.32. The average molecular weight is 335 g/mol. The van der Waals surface area contributed by atoms with Gasteiger partial charge in [-0.25, -0.2) is 4.39 Å². The lowest BCUT2D eigenvalue weighted by molar-refractivity contribution is 0.0998. The van der Waals surface area contributed by atoms with Gasteiger partial charge in [0.05, 0.1) is 10.4 Å². The Kier molecular flexibility index (Phi) is 3.57. The van der Waals surface area contributed by atoms with Crippen molar-refractivity contribution in [3.05, 3.63) is 65.0 Å². The molecule has 0 saturated carbocycles. The molecule has 0 heterocycles. The average Bonchev–Trinajstić information content (AvgIpc) is 2.73. The van der Waals surface area contributed by atoms with Crippen LogP contribution in [0.4, 0.5) is 4.39 Å². The maximum absolute atomic E-state index is 14.0. The monoisotopic (exact) mass is 334 g/mol. The van der Waals surface area contributed by atoms with Gasteiger partial charge in [0.2, 0.25) is 0 Å². The molecule has 2 aromatic carbocycles. The number of fused-ring (bicyclic) bond motifs is 1. The Morgan fingerprint density at radius 1 is 1.25 bits per heavy atom. The lowest BCUT2D eigenvalue weighted by atomic mass is 10.1. The highest BCUT2D eigenvalue weighted by molar-refractivity contribution is 9.10. The van der Waals surface area contributed by atoms with E-state index in [0.29, 0.717) is 24.3 Å². The largest absolute Gasteiger partial charge is 0.489 e. The molecule has 1 aliphatic carbocycles. The second-order valence-electron chi connectivity index (χ2n) is 4.75. The number of carbonyl (C=O) groups is 1. The highest BCUT2D eigenvalue weighted by Crippen LogP contribution is 2.32. The van der Waals surface area contributed by atoms with Gasteiger partial charge in [0.15, 0.2) is 5.78 Å². The van der Waals surface area contributed by atoms with E-state index in [1.807, 2.05) is 30.3 Å². The molecular formula is C16H12BrFO2. The lowest BCUT2D eigenvalue weighted by Gasteiger charge is -2.08. The number of alkyl halides is 1. The van der Waals surface area contributed by atoms with Gasteiger partial charge in [-0.05, 0) is 23.6 Å². The number of halogens is 2. The van der Waals surface area contributed by atoms with Crippen LogP contribution in [0.3, 0.4) is 0 Å². The minimum Gasteiger partial charge on any atom is -0.489 e. The van der Waals surface area contributed by atoms with Crippen molar-refractivity contribution in [2.24, 2.45) is 0 Å². The predicted octanol–water partition coefficient (Wildman–Crippen LogP) is 3.91. The third-order valence-electron chi connectivity index (χ3n) is 3.32. The van der Waals surface area contributed by atoms with E-state index in [1.54, 1.807) is 6.07 Å². The third kappa shape index (κ3) is 2.48. The van der Waals surface area contributed by atoms with E-state index in [9.17, 15) is 9.18 Å². The van der Waals surface area contributed by atoms with Crippen LogP contribution < -0.4 is 4.74 Å². The first kappa shape index (κ1) is 13.3. The van der Waals surface area contributed by atoms with Crippen molar-refractivity contribution in [3.8, 4) is 5.75 Å². The summed E-state index contributed by atoms with van der Waals surface area (Å²) in [6.45, 7) is 0.380. The molecule has 2 nitrogen and oxygen atoms in total. The van der Waals surface area contributed by atoms with Crippen molar-refractivity contribution in [2.45, 2.75) is 17.9 Å². The summed E-state index contributed by atoms with van der Waals surface area (Å²) >= 11 is 3.26. The number of hydrogen-bond acceptors (Lipinski definition) is 2. The van der Waals surface area contributed by atoms with Gasteiger partial charge in [0.25, 0.3) is 0 Å². The third-order valence-corrected chi connectivity index (χ3v) is 4.06. The molecule has 2 aromatic rings. The number of rotatable bonds is 3. The van der Waals surface area contributed by atoms with E-state index in [1.165, 1.54) is 6.07 Å². The molecule has 0 aliphatic heterocycles. The summed E-state index contributed by atoms with van der Waals surface area (Å²) in [5.41, 5.74) is 1.92. The molecule has 1 aliphatic rings. The zero-order chi connectivity index (χ0) is 14.1. The minimum absolute atomic E-state index is 0.188. The van der Waals surface area contributed by atoms with Crippen LogP contribution >= 0.6 is 15.9 Å². The predicted molar refractivity (Wildman–Crippen MR) is 77.9 cm³/mol. The Morgan fingerprint density at radius 3 is 2.75 bits per heavy atom. The van der Waals surface area contributed by atoms with Crippen LogP contribution in [0, 0.1) is 5.82 Å². The van der Waals surface area contributed by atoms with Crippen LogP contribution in [0.2, 0.25) is 0 Å². The number of Topliss-reactive ketones (excluding diaryl/α,β-unsaturated/α-hetero) is 1. The molecule has 0 bridgehead atoms. The Hall–Kier alpha value is -1.68. The van der Waals surface area contributed by atoms with Gasteiger partial charge in [-0.15, -0.1) is 0 Å². The maximum atomic E-state index is 14.0. The number of carbonyl (C=O) groups excluding carboxylic acids is 1. The maximum Gasteiger partial charge on any atom is 0.180 e. The quantitative estimate of drug-likeness (QED) is 0.795. The number of ketones is 1. The van der Waals surface area contributed by atoms with Crippen molar-refractivity contribution in [2.75, 3.05) is 0 Å². The Bertz CT molecular complexity index is 655. The summed E-state index contributed by atoms with van der Waals surface area (Å²) in [4.78, 5) is 11.5. The van der Waals surface area contributed by atoms with Crippen LogP contribution in [0.5, 0.6) is 5.75 Å². The summed E-state index contributed by atoms with van der Waals surface area (Å²) in [7, 11) is 0. The van der Waals surface area contributed by atoms with Crippen molar-refractivity contribution in [1.29, 1.82) is 0 Å². The molecule has 0 aromatic heterocycles. The van der Waals surface area contributed by atoms with Crippen molar-refractivity contribution in [3.63, 3.8) is 0 Å². The van der Waals surface area contributed by atoms with E-state index >= 15 is 0 Å². The summed E-state index contributed by atoms with van der Waals surface area (Å²) in [5, 5.41) is 0. The van der Waals surface area contributed by atoms with E-state index in [0.717, 1.165) is 5.56 Å². The fourth-order valence-corrected chi connectivity index (χ4v) is 2.92. The summed E-state index contributed by atoms with van der Waals surface area (Å²) in [5.74, 6) is -0.232. The second-order valence-corrected chi connectivity index (χ2v) is 5.85. The van der Waals surface area contributed by atoms with Gasteiger partial charge in [0.1, 0.15) is 18.2 Å². The van der Waals surface area contributed by atoms with E-state index < -0.39 is 5.82 Å². The van der Waals surface area contributed by atoms with Gasteiger partial charge < -0.3 is 4.74 Å². The van der Waals surface area contributed by atoms with Gasteiger partial charge >= 0.3 is 0 Å². The number of benzene rings is 2. The molecule has 0 fully saturated rings. The minimum atomic E-state index is -0.502. The van der Waals surface area contributed by atoms with Gasteiger partial charge in [0, 0.05) is 6.07 Å². The number of hydrogen-bond donors (Lipinski definition) is 0. The molecule has 102 valence electrons. The second kappa shape index (κ2) is 5.37. The van der Waals surface area contributed by atoms with Crippen LogP contribution in [-0.4, -0.2) is 10.6 Å². The normalized spacial score (nSPS) is 17.1. The summed E-state index contributed by atoms with van der Waals surface area (Å²) in [6.07, 6.45) is 0.508. The first-order valence-corrected chi connectivity index (χ1v) is 7.24. The van der Waals surface area contributed by atoms with E-state index in [-0.39, 0.29) is 16.2 Å². The molecule has 1 unspecified atom stereocenters. The molecule has 0 radical (unpaired) electrons. The SMILES string of the molecule is O=C1c2c(F)cc(OCc3ccccc3)cc2CC1Br. The van der Waals surface area contributed by atoms with Gasteiger partial charge in [-0.1, -0.05) is 46.3 Å². The van der Waals surface area contributed by atoms with Crippen LogP contribution in [0.15, 0.2) is 42.5 Å². The van der Waals surface area contributed by atoms with E-state index in [4.69, 9.17) is 4.74 Å². The fourth-order valence-electron chi connectivity index (χ4n) is 2.34. The highest BCUT2D eigenvalue weighted by Gasteiger charge is 2.31. The molecule has 0 spiro atoms. The Morgan fingerprint density at radius 2 is 2.00 bits per heavy atom. The van der Waals surface area contributed by atoms with Crippen molar-refractivity contribution < 1.29 is 13.9 Å². The van der Waals surface area contributed by atoms with Crippen LogP contribution in [0.1, 0.15) is 21.5 Å². The summed E-state index contributed by atoms with van der Waals surface area (Å²) in [6, 6.07) is 12.7. The Labute approximate surface area is 124 Å². The van der Waals surface area contributed by atoms with Crippen molar-refractivity contribution >= 4 is 21.7 Å².